The van der Waals surface area contributed by atoms with Gasteiger partial charge in [-0.05, 0) is 25.0 Å². The molecular formula is C14H22FN3O2. The number of hydrogen-bond acceptors (Lipinski definition) is 5. The largest absolute Gasteiger partial charge is 0.464 e. The van der Waals surface area contributed by atoms with Crippen LogP contribution in [0.4, 0.5) is 15.9 Å². The van der Waals surface area contributed by atoms with Crippen LogP contribution in [0.3, 0.4) is 0 Å². The number of halogens is 1. The lowest BCUT2D eigenvalue weighted by Crippen LogP contribution is -2.19. The molecule has 0 amide bonds. The molecule has 1 heterocycles. The van der Waals surface area contributed by atoms with Crippen molar-refractivity contribution in [2.24, 2.45) is 5.41 Å². The summed E-state index contributed by atoms with van der Waals surface area (Å²) in [5.41, 5.74) is 6.09. The molecule has 2 rings (SSSR count). The topological polar surface area (TPSA) is 77.2 Å². The van der Waals surface area contributed by atoms with Crippen molar-refractivity contribution in [1.29, 1.82) is 0 Å². The maximum atomic E-state index is 12.7. The molecule has 5 nitrogen and oxygen atoms in total. The van der Waals surface area contributed by atoms with Crippen molar-refractivity contribution in [2.45, 2.75) is 26.7 Å². The van der Waals surface area contributed by atoms with Crippen LogP contribution in [0.1, 0.15) is 37.2 Å². The summed E-state index contributed by atoms with van der Waals surface area (Å²) in [5.74, 6) is -0.123. The van der Waals surface area contributed by atoms with E-state index in [0.29, 0.717) is 18.1 Å². The van der Waals surface area contributed by atoms with E-state index in [9.17, 15) is 9.18 Å². The number of carbonyl (C=O) groups excluding carboxylic acids is 1. The molecule has 0 spiro atoms. The number of nitrogen functional groups attached to an aromatic ring is 1. The van der Waals surface area contributed by atoms with Crippen molar-refractivity contribution >= 4 is 17.5 Å². The number of methoxy groups -OCH3 is 1. The summed E-state index contributed by atoms with van der Waals surface area (Å²) < 4.78 is 17.3. The summed E-state index contributed by atoms with van der Waals surface area (Å²) in [6.07, 6.45) is 1.74. The summed E-state index contributed by atoms with van der Waals surface area (Å²) in [4.78, 5) is 15.4. The van der Waals surface area contributed by atoms with Crippen molar-refractivity contribution in [2.75, 3.05) is 31.4 Å². The second kappa shape index (κ2) is 7.07. The van der Waals surface area contributed by atoms with E-state index in [2.05, 4.69) is 15.0 Å². The van der Waals surface area contributed by atoms with Crippen LogP contribution in [-0.4, -0.2) is 31.3 Å². The molecule has 1 fully saturated rings. The van der Waals surface area contributed by atoms with Crippen LogP contribution >= 0.6 is 0 Å². The van der Waals surface area contributed by atoms with Gasteiger partial charge < -0.3 is 15.8 Å². The van der Waals surface area contributed by atoms with Gasteiger partial charge in [0.2, 0.25) is 0 Å². The lowest BCUT2D eigenvalue weighted by Gasteiger charge is -2.14. The minimum atomic E-state index is -0.523. The number of carbonyl (C=O) groups is 1. The molecule has 0 bridgehead atoms. The highest BCUT2D eigenvalue weighted by atomic mass is 19.1. The van der Waals surface area contributed by atoms with Gasteiger partial charge >= 0.3 is 5.97 Å². The highest BCUT2D eigenvalue weighted by molar-refractivity contribution is 5.88. The van der Waals surface area contributed by atoms with E-state index in [0.717, 1.165) is 12.8 Å². The predicted molar refractivity (Wildman–Crippen MR) is 77.5 cm³/mol. The molecule has 6 heteroatoms. The average Bonchev–Trinajstić information content (AvgIpc) is 3.28. The van der Waals surface area contributed by atoms with Gasteiger partial charge in [-0.25, -0.2) is 9.78 Å². The molecular weight excluding hydrogens is 261 g/mol. The Balaban J connectivity index is 0.000000956. The van der Waals surface area contributed by atoms with E-state index in [1.165, 1.54) is 13.2 Å². The number of aromatic nitrogens is 1. The van der Waals surface area contributed by atoms with Crippen LogP contribution in [0.25, 0.3) is 0 Å². The molecule has 112 valence electrons. The molecule has 0 atom stereocenters. The number of rotatable bonds is 5. The fourth-order valence-electron chi connectivity index (χ4n) is 1.64. The van der Waals surface area contributed by atoms with Crippen LogP contribution in [0.2, 0.25) is 0 Å². The Morgan fingerprint density at radius 3 is 2.65 bits per heavy atom. The van der Waals surface area contributed by atoms with Crippen LogP contribution in [-0.2, 0) is 4.74 Å². The maximum absolute atomic E-state index is 12.7. The van der Waals surface area contributed by atoms with Crippen LogP contribution in [0, 0.1) is 5.41 Å². The van der Waals surface area contributed by atoms with Gasteiger partial charge in [-0.2, -0.15) is 0 Å². The number of alkyl halides is 1. The zero-order valence-corrected chi connectivity index (χ0v) is 12.2. The smallest absolute Gasteiger partial charge is 0.356 e. The SMILES string of the molecule is CC.COC(=O)c1ccc(N)c(NCC2(CF)CC2)n1. The van der Waals surface area contributed by atoms with E-state index in [-0.39, 0.29) is 17.8 Å². The van der Waals surface area contributed by atoms with Crippen molar-refractivity contribution in [3.63, 3.8) is 0 Å². The van der Waals surface area contributed by atoms with E-state index in [1.54, 1.807) is 6.07 Å². The monoisotopic (exact) mass is 283 g/mol. The van der Waals surface area contributed by atoms with Crippen molar-refractivity contribution in [3.05, 3.63) is 17.8 Å². The Bertz CT molecular complexity index is 462. The Kier molecular flexibility index (Phi) is 5.73. The number of anilines is 2. The Morgan fingerprint density at radius 1 is 1.50 bits per heavy atom. The third kappa shape index (κ3) is 3.82. The molecule has 1 aliphatic rings. The Labute approximate surface area is 118 Å². The number of nitrogens with two attached hydrogens (primary N) is 1. The van der Waals surface area contributed by atoms with Gasteiger partial charge in [0.05, 0.1) is 19.5 Å². The first-order valence-electron chi connectivity index (χ1n) is 6.75. The zero-order valence-electron chi connectivity index (χ0n) is 12.2. The van der Waals surface area contributed by atoms with E-state index in [1.807, 2.05) is 13.8 Å². The van der Waals surface area contributed by atoms with Gasteiger partial charge in [0.1, 0.15) is 5.82 Å². The second-order valence-electron chi connectivity index (χ2n) is 4.61. The number of esters is 1. The van der Waals surface area contributed by atoms with Crippen molar-refractivity contribution in [3.8, 4) is 0 Å². The standard InChI is InChI=1S/C12H16FN3O2.C2H6/c1-18-11(17)9-3-2-8(14)10(16-9)15-7-12(6-13)4-5-12;1-2/h2-3H,4-7,14H2,1H3,(H,15,16);1-2H3. The third-order valence-electron chi connectivity index (χ3n) is 3.19. The highest BCUT2D eigenvalue weighted by Gasteiger charge is 2.42. The lowest BCUT2D eigenvalue weighted by molar-refractivity contribution is 0.0594. The molecule has 1 aromatic rings. The minimum absolute atomic E-state index is 0.180. The Morgan fingerprint density at radius 2 is 2.15 bits per heavy atom. The molecule has 1 saturated carbocycles. The number of ether oxygens (including phenoxy) is 1. The predicted octanol–water partition coefficient (Wildman–Crippen LogP) is 2.64. The van der Waals surface area contributed by atoms with Gasteiger partial charge in [-0.15, -0.1) is 0 Å². The Hall–Kier alpha value is -1.85. The number of pyridine rings is 1. The molecule has 1 aromatic heterocycles. The first-order chi connectivity index (χ1) is 9.60. The van der Waals surface area contributed by atoms with Crippen molar-refractivity contribution in [1.82, 2.24) is 4.98 Å². The molecule has 0 aromatic carbocycles. The van der Waals surface area contributed by atoms with Gasteiger partial charge in [-0.3, -0.25) is 4.39 Å². The molecule has 0 radical (unpaired) electrons. The molecule has 20 heavy (non-hydrogen) atoms. The fourth-order valence-corrected chi connectivity index (χ4v) is 1.64. The van der Waals surface area contributed by atoms with E-state index >= 15 is 0 Å². The van der Waals surface area contributed by atoms with Gasteiger partial charge in [0, 0.05) is 12.0 Å². The quantitative estimate of drug-likeness (QED) is 0.812. The summed E-state index contributed by atoms with van der Waals surface area (Å²) in [5, 5.41) is 3.00. The maximum Gasteiger partial charge on any atom is 0.356 e. The minimum Gasteiger partial charge on any atom is -0.464 e. The summed E-state index contributed by atoms with van der Waals surface area (Å²) in [6, 6.07) is 3.07. The summed E-state index contributed by atoms with van der Waals surface area (Å²) in [7, 11) is 1.29. The lowest BCUT2D eigenvalue weighted by atomic mass is 10.1. The fraction of sp³-hybridized carbons (Fsp3) is 0.571. The van der Waals surface area contributed by atoms with Gasteiger partial charge in [0.25, 0.3) is 0 Å². The first-order valence-corrected chi connectivity index (χ1v) is 6.75. The van der Waals surface area contributed by atoms with E-state index in [4.69, 9.17) is 5.73 Å². The van der Waals surface area contributed by atoms with E-state index < -0.39 is 5.97 Å². The number of nitrogens with zero attached hydrogens (tertiary/aromatic N) is 1. The third-order valence-corrected chi connectivity index (χ3v) is 3.19. The summed E-state index contributed by atoms with van der Waals surface area (Å²) >= 11 is 0. The number of nitrogens with one attached hydrogen (secondary N) is 1. The average molecular weight is 283 g/mol. The van der Waals surface area contributed by atoms with Crippen molar-refractivity contribution < 1.29 is 13.9 Å². The molecule has 3 N–H and O–H groups in total. The number of hydrogen-bond donors (Lipinski definition) is 2. The molecule has 0 aliphatic heterocycles. The van der Waals surface area contributed by atoms with Crippen LogP contribution in [0.15, 0.2) is 12.1 Å². The van der Waals surface area contributed by atoms with Crippen LogP contribution in [0.5, 0.6) is 0 Å². The van der Waals surface area contributed by atoms with Gasteiger partial charge in [0.15, 0.2) is 5.69 Å². The molecule has 1 aliphatic carbocycles. The second-order valence-corrected chi connectivity index (χ2v) is 4.61. The highest BCUT2D eigenvalue weighted by Crippen LogP contribution is 2.45. The van der Waals surface area contributed by atoms with Crippen LogP contribution < -0.4 is 11.1 Å². The molecule has 0 unspecified atom stereocenters. The normalized spacial score (nSPS) is 14.8. The summed E-state index contributed by atoms with van der Waals surface area (Å²) in [6.45, 7) is 4.13. The van der Waals surface area contributed by atoms with Gasteiger partial charge in [-0.1, -0.05) is 13.8 Å². The molecule has 0 saturated heterocycles. The first kappa shape index (κ1) is 16.2. The zero-order chi connectivity index (χ0) is 15.2.